The molecule has 8 heteroatoms. The smallest absolute Gasteiger partial charge is 0.248 e. The average molecular weight is 317 g/mol. The number of aromatic nitrogens is 4. The summed E-state index contributed by atoms with van der Waals surface area (Å²) >= 11 is 1.57. The van der Waals surface area contributed by atoms with Gasteiger partial charge in [0.05, 0.1) is 0 Å². The van der Waals surface area contributed by atoms with Crippen molar-refractivity contribution in [2.24, 2.45) is 0 Å². The molecule has 0 atom stereocenters. The van der Waals surface area contributed by atoms with Crippen LogP contribution in [0.25, 0.3) is 11.5 Å². The molecule has 1 amide bonds. The van der Waals surface area contributed by atoms with Crippen LogP contribution in [0.2, 0.25) is 0 Å². The number of amides is 1. The summed E-state index contributed by atoms with van der Waals surface area (Å²) in [6.45, 7) is 2.01. The lowest BCUT2D eigenvalue weighted by atomic mass is 10.3. The first kappa shape index (κ1) is 14.5. The molecular formula is C14H15N5O2S. The molecule has 0 saturated carbocycles. The predicted octanol–water partition coefficient (Wildman–Crippen LogP) is 2.65. The van der Waals surface area contributed by atoms with Crippen LogP contribution in [0, 0.1) is 0 Å². The zero-order valence-corrected chi connectivity index (χ0v) is 12.8. The van der Waals surface area contributed by atoms with Gasteiger partial charge in [0.25, 0.3) is 0 Å². The molecule has 0 unspecified atom stereocenters. The van der Waals surface area contributed by atoms with E-state index in [4.69, 9.17) is 4.42 Å². The van der Waals surface area contributed by atoms with E-state index in [9.17, 15) is 4.79 Å². The van der Waals surface area contributed by atoms with E-state index in [0.29, 0.717) is 24.0 Å². The Balaban J connectivity index is 1.52. The monoisotopic (exact) mass is 317 g/mol. The summed E-state index contributed by atoms with van der Waals surface area (Å²) in [5.41, 5.74) is 1.88. The molecule has 114 valence electrons. The summed E-state index contributed by atoms with van der Waals surface area (Å²) in [5.74, 6) is 1.33. The van der Waals surface area contributed by atoms with Gasteiger partial charge >= 0.3 is 0 Å². The van der Waals surface area contributed by atoms with E-state index in [0.717, 1.165) is 17.7 Å². The number of nitrogens with one attached hydrogen (secondary N) is 2. The fourth-order valence-electron chi connectivity index (χ4n) is 1.89. The van der Waals surface area contributed by atoms with Gasteiger partial charge in [0, 0.05) is 35.5 Å². The highest BCUT2D eigenvalue weighted by atomic mass is 32.1. The number of carbonyl (C=O) groups is 1. The van der Waals surface area contributed by atoms with Crippen molar-refractivity contribution < 1.29 is 9.21 Å². The molecule has 0 aromatic carbocycles. The number of aryl methyl sites for hydroxylation is 2. The zero-order valence-electron chi connectivity index (χ0n) is 12.0. The molecule has 7 nitrogen and oxygen atoms in total. The SMILES string of the molecule is CCc1cc(NC(=O)CCc2nnc(-c3ccsc3)o2)n[nH]1. The second-order valence-electron chi connectivity index (χ2n) is 4.69. The van der Waals surface area contributed by atoms with Gasteiger partial charge in [0.15, 0.2) is 5.82 Å². The highest BCUT2D eigenvalue weighted by molar-refractivity contribution is 7.08. The topological polar surface area (TPSA) is 96.7 Å². The van der Waals surface area contributed by atoms with Gasteiger partial charge in [-0.2, -0.15) is 16.4 Å². The van der Waals surface area contributed by atoms with Gasteiger partial charge in [-0.3, -0.25) is 9.89 Å². The second-order valence-corrected chi connectivity index (χ2v) is 5.47. The maximum Gasteiger partial charge on any atom is 0.248 e. The number of thiophene rings is 1. The molecule has 3 rings (SSSR count). The molecule has 0 saturated heterocycles. The van der Waals surface area contributed by atoms with E-state index in [-0.39, 0.29) is 12.3 Å². The van der Waals surface area contributed by atoms with Gasteiger partial charge < -0.3 is 9.73 Å². The van der Waals surface area contributed by atoms with Crippen LogP contribution in [0.1, 0.15) is 24.9 Å². The summed E-state index contributed by atoms with van der Waals surface area (Å²) in [6, 6.07) is 3.73. The normalized spacial score (nSPS) is 10.8. The van der Waals surface area contributed by atoms with Crippen LogP contribution in [-0.4, -0.2) is 26.3 Å². The average Bonchev–Trinajstić information content (AvgIpc) is 3.25. The Bertz CT molecular complexity index is 747. The van der Waals surface area contributed by atoms with Crippen LogP contribution in [0.5, 0.6) is 0 Å². The minimum atomic E-state index is -0.135. The van der Waals surface area contributed by atoms with Crippen LogP contribution in [0.4, 0.5) is 5.82 Å². The summed E-state index contributed by atoms with van der Waals surface area (Å²) in [6.07, 6.45) is 1.50. The molecule has 0 aliphatic carbocycles. The summed E-state index contributed by atoms with van der Waals surface area (Å²) in [5, 5.41) is 21.4. The van der Waals surface area contributed by atoms with Crippen LogP contribution >= 0.6 is 11.3 Å². The van der Waals surface area contributed by atoms with E-state index in [1.807, 2.05) is 29.8 Å². The van der Waals surface area contributed by atoms with Gasteiger partial charge in [-0.25, -0.2) is 0 Å². The minimum absolute atomic E-state index is 0.135. The van der Waals surface area contributed by atoms with Crippen molar-refractivity contribution in [3.05, 3.63) is 34.5 Å². The first-order valence-electron chi connectivity index (χ1n) is 6.93. The minimum Gasteiger partial charge on any atom is -0.421 e. The molecule has 0 bridgehead atoms. The fourth-order valence-corrected chi connectivity index (χ4v) is 2.52. The van der Waals surface area contributed by atoms with E-state index < -0.39 is 0 Å². The Morgan fingerprint density at radius 1 is 1.45 bits per heavy atom. The molecule has 22 heavy (non-hydrogen) atoms. The third kappa shape index (κ3) is 3.40. The predicted molar refractivity (Wildman–Crippen MR) is 82.5 cm³/mol. The van der Waals surface area contributed by atoms with Gasteiger partial charge in [-0.1, -0.05) is 6.92 Å². The third-order valence-corrected chi connectivity index (χ3v) is 3.76. The van der Waals surface area contributed by atoms with Crippen LogP contribution < -0.4 is 5.32 Å². The van der Waals surface area contributed by atoms with Gasteiger partial charge in [-0.15, -0.1) is 10.2 Å². The van der Waals surface area contributed by atoms with Gasteiger partial charge in [0.2, 0.25) is 17.7 Å². The van der Waals surface area contributed by atoms with Crippen LogP contribution in [-0.2, 0) is 17.6 Å². The summed E-state index contributed by atoms with van der Waals surface area (Å²) in [4.78, 5) is 11.9. The number of hydrogen-bond acceptors (Lipinski definition) is 6. The molecule has 3 aromatic rings. The molecular weight excluding hydrogens is 302 g/mol. The Hall–Kier alpha value is -2.48. The number of H-pyrrole nitrogens is 1. The molecule has 0 spiro atoms. The quantitative estimate of drug-likeness (QED) is 0.728. The van der Waals surface area contributed by atoms with Gasteiger partial charge in [-0.05, 0) is 17.9 Å². The molecule has 2 N–H and O–H groups in total. The maximum absolute atomic E-state index is 11.9. The summed E-state index contributed by atoms with van der Waals surface area (Å²) < 4.78 is 5.53. The first-order chi connectivity index (χ1) is 10.7. The number of nitrogens with zero attached hydrogens (tertiary/aromatic N) is 3. The van der Waals surface area contributed by atoms with Crippen molar-refractivity contribution in [1.82, 2.24) is 20.4 Å². The standard InChI is InChI=1S/C14H15N5O2S/c1-2-10-7-11(17-16-10)15-12(20)3-4-13-18-19-14(21-13)9-5-6-22-8-9/h5-8H,2-4H2,1H3,(H2,15,16,17,20). The van der Waals surface area contributed by atoms with Crippen LogP contribution in [0.3, 0.4) is 0 Å². The Labute approximate surface area is 130 Å². The zero-order chi connectivity index (χ0) is 15.4. The number of hydrogen-bond donors (Lipinski definition) is 2. The van der Waals surface area contributed by atoms with E-state index >= 15 is 0 Å². The maximum atomic E-state index is 11.9. The Kier molecular flexibility index (Phi) is 4.29. The van der Waals surface area contributed by atoms with E-state index in [2.05, 4.69) is 25.7 Å². The first-order valence-corrected chi connectivity index (χ1v) is 7.88. The van der Waals surface area contributed by atoms with Crippen molar-refractivity contribution in [1.29, 1.82) is 0 Å². The molecule has 3 aromatic heterocycles. The largest absolute Gasteiger partial charge is 0.421 e. The third-order valence-electron chi connectivity index (χ3n) is 3.08. The molecule has 0 aliphatic heterocycles. The number of aromatic amines is 1. The molecule has 0 fully saturated rings. The Morgan fingerprint density at radius 3 is 3.09 bits per heavy atom. The molecule has 0 aliphatic rings. The lowest BCUT2D eigenvalue weighted by Crippen LogP contribution is -2.12. The number of rotatable bonds is 6. The highest BCUT2D eigenvalue weighted by Gasteiger charge is 2.11. The number of anilines is 1. The molecule has 0 radical (unpaired) electrons. The van der Waals surface area contributed by atoms with Crippen molar-refractivity contribution >= 4 is 23.1 Å². The van der Waals surface area contributed by atoms with E-state index in [1.165, 1.54) is 0 Å². The summed E-state index contributed by atoms with van der Waals surface area (Å²) in [7, 11) is 0. The van der Waals surface area contributed by atoms with E-state index in [1.54, 1.807) is 11.3 Å². The van der Waals surface area contributed by atoms with Crippen molar-refractivity contribution in [2.75, 3.05) is 5.32 Å². The lowest BCUT2D eigenvalue weighted by molar-refractivity contribution is -0.116. The number of carbonyl (C=O) groups excluding carboxylic acids is 1. The highest BCUT2D eigenvalue weighted by Crippen LogP contribution is 2.20. The fraction of sp³-hybridized carbons (Fsp3) is 0.286. The lowest BCUT2D eigenvalue weighted by Gasteiger charge is -1.99. The van der Waals surface area contributed by atoms with Gasteiger partial charge in [0.1, 0.15) is 0 Å². The van der Waals surface area contributed by atoms with Crippen molar-refractivity contribution in [2.45, 2.75) is 26.2 Å². The second kappa shape index (κ2) is 6.52. The van der Waals surface area contributed by atoms with Crippen LogP contribution in [0.15, 0.2) is 27.3 Å². The van der Waals surface area contributed by atoms with Crippen molar-refractivity contribution in [3.8, 4) is 11.5 Å². The Morgan fingerprint density at radius 2 is 2.36 bits per heavy atom. The molecule has 3 heterocycles. The van der Waals surface area contributed by atoms with Crippen molar-refractivity contribution in [3.63, 3.8) is 0 Å².